The number of rotatable bonds is 4. The number of ether oxygens (including phenoxy) is 1. The van der Waals surface area contributed by atoms with Crippen LogP contribution in [-0.4, -0.2) is 5.78 Å². The number of carbonyl (C=O) groups is 1. The number of ketones is 1. The van der Waals surface area contributed by atoms with Gasteiger partial charge in [0.1, 0.15) is 12.4 Å². The molecule has 2 rings (SSSR count). The maximum atomic E-state index is 11.6. The molecule has 98 valence electrons. The van der Waals surface area contributed by atoms with Crippen molar-refractivity contribution in [3.63, 3.8) is 0 Å². The molecular weight excluding hydrogens is 260 g/mol. The Morgan fingerprint density at radius 2 is 1.84 bits per heavy atom. The smallest absolute Gasteiger partial charge is 0.163 e. The van der Waals surface area contributed by atoms with Crippen LogP contribution < -0.4 is 4.74 Å². The highest BCUT2D eigenvalue weighted by Crippen LogP contribution is 2.22. The Morgan fingerprint density at radius 1 is 1.16 bits per heavy atom. The summed E-state index contributed by atoms with van der Waals surface area (Å²) < 4.78 is 5.72. The van der Waals surface area contributed by atoms with E-state index in [0.717, 1.165) is 11.1 Å². The molecule has 0 saturated carbocycles. The van der Waals surface area contributed by atoms with Crippen LogP contribution in [0.15, 0.2) is 42.5 Å². The van der Waals surface area contributed by atoms with Crippen LogP contribution >= 0.6 is 11.6 Å². The van der Waals surface area contributed by atoms with Crippen LogP contribution in [0.5, 0.6) is 5.75 Å². The van der Waals surface area contributed by atoms with Crippen molar-refractivity contribution in [3.8, 4) is 5.75 Å². The van der Waals surface area contributed by atoms with Gasteiger partial charge < -0.3 is 4.74 Å². The van der Waals surface area contributed by atoms with Gasteiger partial charge in [0, 0.05) is 5.02 Å². The molecule has 0 atom stereocenters. The van der Waals surface area contributed by atoms with Crippen molar-refractivity contribution in [3.05, 3.63) is 64.2 Å². The van der Waals surface area contributed by atoms with E-state index in [0.29, 0.717) is 22.9 Å². The van der Waals surface area contributed by atoms with Crippen LogP contribution in [-0.2, 0) is 6.61 Å². The molecule has 0 aliphatic rings. The molecule has 0 aromatic heterocycles. The number of aryl methyl sites for hydroxylation is 1. The largest absolute Gasteiger partial charge is 0.488 e. The summed E-state index contributed by atoms with van der Waals surface area (Å²) in [5.41, 5.74) is 2.68. The van der Waals surface area contributed by atoms with Crippen LogP contribution in [0.3, 0.4) is 0 Å². The minimum atomic E-state index is 0.00908. The second kappa shape index (κ2) is 5.89. The Kier molecular flexibility index (Phi) is 4.23. The number of Topliss-reactive ketones (excluding diaryl/α,β-unsaturated/α-hetero) is 1. The second-order valence-electron chi connectivity index (χ2n) is 4.47. The number of hydrogen-bond donors (Lipinski definition) is 0. The standard InChI is InChI=1S/C16H15ClO2/c1-11-3-8-16(15(9-11)12(2)18)19-10-13-4-6-14(17)7-5-13/h3-9H,10H2,1-2H3. The minimum absolute atomic E-state index is 0.00908. The Morgan fingerprint density at radius 3 is 2.47 bits per heavy atom. The van der Waals surface area contributed by atoms with Gasteiger partial charge in [-0.05, 0) is 43.7 Å². The van der Waals surface area contributed by atoms with Crippen molar-refractivity contribution in [1.82, 2.24) is 0 Å². The summed E-state index contributed by atoms with van der Waals surface area (Å²) in [7, 11) is 0. The summed E-state index contributed by atoms with van der Waals surface area (Å²) in [4.78, 5) is 11.6. The lowest BCUT2D eigenvalue weighted by Crippen LogP contribution is -2.02. The van der Waals surface area contributed by atoms with Gasteiger partial charge in [0.25, 0.3) is 0 Å². The summed E-state index contributed by atoms with van der Waals surface area (Å²) >= 11 is 5.83. The third-order valence-electron chi connectivity index (χ3n) is 2.82. The molecule has 0 heterocycles. The fourth-order valence-corrected chi connectivity index (χ4v) is 1.91. The highest BCUT2D eigenvalue weighted by Gasteiger charge is 2.08. The summed E-state index contributed by atoms with van der Waals surface area (Å²) in [6.45, 7) is 3.92. The van der Waals surface area contributed by atoms with E-state index in [1.54, 1.807) is 6.92 Å². The first kappa shape index (κ1) is 13.6. The van der Waals surface area contributed by atoms with Crippen LogP contribution in [0, 0.1) is 6.92 Å². The molecule has 2 aromatic rings. The van der Waals surface area contributed by atoms with Crippen LogP contribution in [0.4, 0.5) is 0 Å². The van der Waals surface area contributed by atoms with Crippen molar-refractivity contribution in [1.29, 1.82) is 0 Å². The zero-order chi connectivity index (χ0) is 13.8. The molecule has 0 N–H and O–H groups in total. The van der Waals surface area contributed by atoms with E-state index in [1.165, 1.54) is 0 Å². The Hall–Kier alpha value is -1.80. The van der Waals surface area contributed by atoms with Crippen molar-refractivity contribution < 1.29 is 9.53 Å². The summed E-state index contributed by atoms with van der Waals surface area (Å²) in [5, 5.41) is 0.698. The maximum absolute atomic E-state index is 11.6. The summed E-state index contributed by atoms with van der Waals surface area (Å²) in [6.07, 6.45) is 0. The van der Waals surface area contributed by atoms with Gasteiger partial charge in [-0.15, -0.1) is 0 Å². The van der Waals surface area contributed by atoms with Gasteiger partial charge in [-0.1, -0.05) is 35.4 Å². The molecule has 0 spiro atoms. The highest BCUT2D eigenvalue weighted by molar-refractivity contribution is 6.30. The van der Waals surface area contributed by atoms with E-state index in [1.807, 2.05) is 49.4 Å². The molecule has 0 saturated heterocycles. The van der Waals surface area contributed by atoms with Gasteiger partial charge in [-0.3, -0.25) is 4.79 Å². The predicted octanol–water partition coefficient (Wildman–Crippen LogP) is 4.43. The first-order chi connectivity index (χ1) is 9.06. The van der Waals surface area contributed by atoms with Gasteiger partial charge in [0.15, 0.2) is 5.78 Å². The first-order valence-electron chi connectivity index (χ1n) is 6.05. The minimum Gasteiger partial charge on any atom is -0.488 e. The van der Waals surface area contributed by atoms with Gasteiger partial charge >= 0.3 is 0 Å². The first-order valence-corrected chi connectivity index (χ1v) is 6.43. The number of benzene rings is 2. The van der Waals surface area contributed by atoms with Gasteiger partial charge in [-0.25, -0.2) is 0 Å². The summed E-state index contributed by atoms with van der Waals surface area (Å²) in [5.74, 6) is 0.628. The van der Waals surface area contributed by atoms with Crippen LogP contribution in [0.25, 0.3) is 0 Å². The lowest BCUT2D eigenvalue weighted by atomic mass is 10.1. The van der Waals surface area contributed by atoms with Gasteiger partial charge in [0.05, 0.1) is 5.56 Å². The molecule has 0 aliphatic carbocycles. The van der Waals surface area contributed by atoms with E-state index in [2.05, 4.69) is 0 Å². The average molecular weight is 275 g/mol. The SMILES string of the molecule is CC(=O)c1cc(C)ccc1OCc1ccc(Cl)cc1. The molecule has 19 heavy (non-hydrogen) atoms. The molecule has 2 nitrogen and oxygen atoms in total. The van der Waals surface area contributed by atoms with Crippen molar-refractivity contribution in [2.24, 2.45) is 0 Å². The van der Waals surface area contributed by atoms with E-state index >= 15 is 0 Å². The highest BCUT2D eigenvalue weighted by atomic mass is 35.5. The number of hydrogen-bond acceptors (Lipinski definition) is 2. The van der Waals surface area contributed by atoms with Crippen LogP contribution in [0.2, 0.25) is 5.02 Å². The molecule has 0 amide bonds. The normalized spacial score (nSPS) is 10.3. The zero-order valence-electron chi connectivity index (χ0n) is 10.9. The fourth-order valence-electron chi connectivity index (χ4n) is 1.79. The van der Waals surface area contributed by atoms with E-state index in [9.17, 15) is 4.79 Å². The third kappa shape index (κ3) is 3.58. The summed E-state index contributed by atoms with van der Waals surface area (Å²) in [6, 6.07) is 13.1. The molecule has 0 radical (unpaired) electrons. The second-order valence-corrected chi connectivity index (χ2v) is 4.91. The molecule has 0 unspecified atom stereocenters. The Bertz CT molecular complexity index is 588. The predicted molar refractivity (Wildman–Crippen MR) is 77.0 cm³/mol. The average Bonchev–Trinajstić information content (AvgIpc) is 2.39. The van der Waals surface area contributed by atoms with E-state index in [-0.39, 0.29) is 5.78 Å². The third-order valence-corrected chi connectivity index (χ3v) is 3.07. The molecule has 0 aliphatic heterocycles. The lowest BCUT2D eigenvalue weighted by Gasteiger charge is -2.10. The quantitative estimate of drug-likeness (QED) is 0.771. The van der Waals surface area contributed by atoms with Crippen molar-refractivity contribution in [2.45, 2.75) is 20.5 Å². The Balaban J connectivity index is 2.15. The molecule has 0 bridgehead atoms. The monoisotopic (exact) mass is 274 g/mol. The van der Waals surface area contributed by atoms with E-state index < -0.39 is 0 Å². The van der Waals surface area contributed by atoms with Gasteiger partial charge in [-0.2, -0.15) is 0 Å². The van der Waals surface area contributed by atoms with Crippen LogP contribution in [0.1, 0.15) is 28.4 Å². The Labute approximate surface area is 118 Å². The van der Waals surface area contributed by atoms with Crippen molar-refractivity contribution >= 4 is 17.4 Å². The maximum Gasteiger partial charge on any atom is 0.163 e. The topological polar surface area (TPSA) is 26.3 Å². The molecule has 0 fully saturated rings. The van der Waals surface area contributed by atoms with Gasteiger partial charge in [0.2, 0.25) is 0 Å². The number of carbonyl (C=O) groups excluding carboxylic acids is 1. The molecule has 2 aromatic carbocycles. The fraction of sp³-hybridized carbons (Fsp3) is 0.188. The van der Waals surface area contributed by atoms with Crippen molar-refractivity contribution in [2.75, 3.05) is 0 Å². The number of halogens is 1. The molecule has 3 heteroatoms. The van der Waals surface area contributed by atoms with E-state index in [4.69, 9.17) is 16.3 Å². The zero-order valence-corrected chi connectivity index (χ0v) is 11.7. The molecular formula is C16H15ClO2. The lowest BCUT2D eigenvalue weighted by molar-refractivity contribution is 0.101.